The minimum Gasteiger partial charge on any atom is -0.380 e. The summed E-state index contributed by atoms with van der Waals surface area (Å²) in [6.07, 6.45) is 9.99. The van der Waals surface area contributed by atoms with Crippen LogP contribution in [-0.4, -0.2) is 23.7 Å². The van der Waals surface area contributed by atoms with Gasteiger partial charge in [-0.3, -0.25) is 0 Å². The van der Waals surface area contributed by atoms with Crippen LogP contribution in [0.1, 0.15) is 44.9 Å². The number of thioether (sulfide) groups is 1. The van der Waals surface area contributed by atoms with Crippen molar-refractivity contribution in [2.45, 2.75) is 55.4 Å². The van der Waals surface area contributed by atoms with Crippen molar-refractivity contribution in [3.63, 3.8) is 0 Å². The van der Waals surface area contributed by atoms with Crippen molar-refractivity contribution in [2.75, 3.05) is 13.2 Å². The van der Waals surface area contributed by atoms with E-state index in [2.05, 4.69) is 11.8 Å². The third-order valence-electron chi connectivity index (χ3n) is 3.06. The smallest absolute Gasteiger partial charge is 0.0585 e. The van der Waals surface area contributed by atoms with E-state index in [4.69, 9.17) is 4.74 Å². The zero-order valence-electron chi connectivity index (χ0n) is 8.34. The topological polar surface area (TPSA) is 9.23 Å². The maximum absolute atomic E-state index is 5.50. The van der Waals surface area contributed by atoms with Crippen LogP contribution in [0.5, 0.6) is 0 Å². The fourth-order valence-electron chi connectivity index (χ4n) is 2.29. The second-order valence-electron chi connectivity index (χ2n) is 4.24. The van der Waals surface area contributed by atoms with Gasteiger partial charge in [0.25, 0.3) is 0 Å². The highest BCUT2D eigenvalue weighted by molar-refractivity contribution is 8.00. The quantitative estimate of drug-likeness (QED) is 0.677. The summed E-state index contributed by atoms with van der Waals surface area (Å²) in [7, 11) is 0. The molecule has 13 heavy (non-hydrogen) atoms. The van der Waals surface area contributed by atoms with Crippen LogP contribution in [0.25, 0.3) is 0 Å². The summed E-state index contributed by atoms with van der Waals surface area (Å²) in [5.41, 5.74) is 0. The average Bonchev–Trinajstić information content (AvgIpc) is 2.21. The molecule has 1 nitrogen and oxygen atoms in total. The van der Waals surface area contributed by atoms with Gasteiger partial charge in [0.15, 0.2) is 0 Å². The molecule has 0 amide bonds. The van der Waals surface area contributed by atoms with Gasteiger partial charge in [0, 0.05) is 17.1 Å². The molecule has 1 unspecified atom stereocenters. The van der Waals surface area contributed by atoms with Gasteiger partial charge in [-0.1, -0.05) is 19.3 Å². The van der Waals surface area contributed by atoms with Crippen molar-refractivity contribution in [2.24, 2.45) is 0 Å². The van der Waals surface area contributed by atoms with Crippen LogP contribution in [0.4, 0.5) is 0 Å². The van der Waals surface area contributed by atoms with E-state index < -0.39 is 0 Å². The van der Waals surface area contributed by atoms with E-state index in [1.807, 2.05) is 0 Å². The summed E-state index contributed by atoms with van der Waals surface area (Å²) in [5, 5.41) is 1.78. The molecule has 2 rings (SSSR count). The molecule has 0 aromatic rings. The Labute approximate surface area is 85.6 Å². The lowest BCUT2D eigenvalue weighted by Gasteiger charge is -2.28. The second kappa shape index (κ2) is 5.26. The maximum Gasteiger partial charge on any atom is 0.0585 e. The Morgan fingerprint density at radius 3 is 2.31 bits per heavy atom. The van der Waals surface area contributed by atoms with Crippen LogP contribution < -0.4 is 0 Å². The molecule has 2 heteroatoms. The molecule has 2 aliphatic rings. The molecule has 2 fully saturated rings. The monoisotopic (exact) mass is 200 g/mol. The van der Waals surface area contributed by atoms with Crippen molar-refractivity contribution in [3.8, 4) is 0 Å². The molecule has 1 heterocycles. The van der Waals surface area contributed by atoms with Crippen LogP contribution in [0.2, 0.25) is 0 Å². The highest BCUT2D eigenvalue weighted by Crippen LogP contribution is 2.33. The van der Waals surface area contributed by atoms with Gasteiger partial charge in [-0.05, 0) is 25.7 Å². The molecular formula is C11H20OS. The van der Waals surface area contributed by atoms with E-state index in [1.54, 1.807) is 0 Å². The number of hydrogen-bond acceptors (Lipinski definition) is 2. The van der Waals surface area contributed by atoms with Gasteiger partial charge < -0.3 is 4.74 Å². The lowest BCUT2D eigenvalue weighted by molar-refractivity contribution is 0.101. The van der Waals surface area contributed by atoms with Crippen LogP contribution in [0.3, 0.4) is 0 Å². The van der Waals surface area contributed by atoms with Gasteiger partial charge in [-0.25, -0.2) is 0 Å². The van der Waals surface area contributed by atoms with Crippen LogP contribution in [-0.2, 0) is 4.74 Å². The van der Waals surface area contributed by atoms with Gasteiger partial charge in [0.2, 0.25) is 0 Å². The van der Waals surface area contributed by atoms with E-state index in [9.17, 15) is 0 Å². The maximum atomic E-state index is 5.50. The molecule has 1 aliphatic carbocycles. The minimum atomic E-state index is 0.817. The molecule has 0 radical (unpaired) electrons. The Hall–Kier alpha value is 0.310. The fourth-order valence-corrected chi connectivity index (χ4v) is 3.92. The zero-order chi connectivity index (χ0) is 8.93. The molecule has 0 aromatic heterocycles. The highest BCUT2D eigenvalue weighted by Gasteiger charge is 2.21. The van der Waals surface area contributed by atoms with Crippen LogP contribution in [0, 0.1) is 0 Å². The summed E-state index contributed by atoms with van der Waals surface area (Å²) in [4.78, 5) is 0. The van der Waals surface area contributed by atoms with Crippen LogP contribution >= 0.6 is 11.8 Å². The van der Waals surface area contributed by atoms with Gasteiger partial charge in [0.05, 0.1) is 6.61 Å². The van der Waals surface area contributed by atoms with Crippen LogP contribution in [0.15, 0.2) is 0 Å². The molecule has 1 atom stereocenters. The first-order chi connectivity index (χ1) is 6.45. The third kappa shape index (κ3) is 3.17. The average molecular weight is 200 g/mol. The molecule has 76 valence electrons. The first kappa shape index (κ1) is 9.85. The summed E-state index contributed by atoms with van der Waals surface area (Å²) in [6.45, 7) is 2.02. The van der Waals surface area contributed by atoms with Crippen molar-refractivity contribution < 1.29 is 4.74 Å². The Morgan fingerprint density at radius 2 is 1.62 bits per heavy atom. The van der Waals surface area contributed by atoms with E-state index in [-0.39, 0.29) is 0 Å². The minimum absolute atomic E-state index is 0.817. The van der Waals surface area contributed by atoms with Crippen molar-refractivity contribution in [3.05, 3.63) is 0 Å². The van der Waals surface area contributed by atoms with E-state index in [1.165, 1.54) is 44.9 Å². The summed E-state index contributed by atoms with van der Waals surface area (Å²) < 4.78 is 5.50. The predicted octanol–water partition coefficient (Wildman–Crippen LogP) is 3.23. The molecule has 0 spiro atoms. The first-order valence-corrected chi connectivity index (χ1v) is 6.62. The van der Waals surface area contributed by atoms with Gasteiger partial charge in [-0.15, -0.1) is 0 Å². The van der Waals surface area contributed by atoms with Gasteiger partial charge in [-0.2, -0.15) is 11.8 Å². The summed E-state index contributed by atoms with van der Waals surface area (Å²) >= 11 is 2.22. The van der Waals surface area contributed by atoms with E-state index >= 15 is 0 Å². The van der Waals surface area contributed by atoms with E-state index in [0.717, 1.165) is 23.7 Å². The normalized spacial score (nSPS) is 31.8. The molecule has 0 aromatic carbocycles. The SMILES string of the molecule is C1CCC(SC2CCCOC2)CC1. The Bertz CT molecular complexity index is 121. The van der Waals surface area contributed by atoms with Crippen molar-refractivity contribution in [1.29, 1.82) is 0 Å². The molecular weight excluding hydrogens is 180 g/mol. The van der Waals surface area contributed by atoms with E-state index in [0.29, 0.717) is 0 Å². The lowest BCUT2D eigenvalue weighted by Crippen LogP contribution is -2.23. The molecule has 0 N–H and O–H groups in total. The Morgan fingerprint density at radius 1 is 0.846 bits per heavy atom. The summed E-state index contributed by atoms with van der Waals surface area (Å²) in [6, 6.07) is 0. The number of hydrogen-bond donors (Lipinski definition) is 0. The fraction of sp³-hybridized carbons (Fsp3) is 1.00. The molecule has 1 saturated heterocycles. The lowest BCUT2D eigenvalue weighted by atomic mass is 10.0. The number of ether oxygens (including phenoxy) is 1. The largest absolute Gasteiger partial charge is 0.380 e. The molecule has 1 saturated carbocycles. The third-order valence-corrected chi connectivity index (χ3v) is 4.67. The first-order valence-electron chi connectivity index (χ1n) is 5.68. The predicted molar refractivity (Wildman–Crippen MR) is 58.3 cm³/mol. The van der Waals surface area contributed by atoms with Crippen molar-refractivity contribution >= 4 is 11.8 Å². The zero-order valence-corrected chi connectivity index (χ0v) is 9.15. The number of rotatable bonds is 2. The van der Waals surface area contributed by atoms with Crippen molar-refractivity contribution in [1.82, 2.24) is 0 Å². The Balaban J connectivity index is 1.69. The standard InChI is InChI=1S/C11H20OS/c1-2-5-10(6-3-1)13-11-7-4-8-12-9-11/h10-11H,1-9H2. The summed E-state index contributed by atoms with van der Waals surface area (Å²) in [5.74, 6) is 0. The van der Waals surface area contributed by atoms with Gasteiger partial charge >= 0.3 is 0 Å². The molecule has 1 aliphatic heterocycles. The Kier molecular flexibility index (Phi) is 3.98. The molecule has 0 bridgehead atoms. The second-order valence-corrected chi connectivity index (χ2v) is 5.84. The van der Waals surface area contributed by atoms with Gasteiger partial charge in [0.1, 0.15) is 0 Å². The highest BCUT2D eigenvalue weighted by atomic mass is 32.2.